The number of ether oxygens (including phenoxy) is 3. The van der Waals surface area contributed by atoms with E-state index >= 15 is 5.21 Å². The van der Waals surface area contributed by atoms with Gasteiger partial charge < -0.3 is 19.4 Å². The van der Waals surface area contributed by atoms with Crippen molar-refractivity contribution in [1.29, 1.82) is 0 Å². The molecule has 0 heterocycles. The first-order valence-corrected chi connectivity index (χ1v) is 14.8. The van der Waals surface area contributed by atoms with Crippen molar-refractivity contribution >= 4 is 6.09 Å². The van der Waals surface area contributed by atoms with Gasteiger partial charge >= 0.3 is 6.09 Å². The van der Waals surface area contributed by atoms with Crippen LogP contribution in [0.5, 0.6) is 0 Å². The van der Waals surface area contributed by atoms with E-state index in [1.54, 1.807) is 11.9 Å². The van der Waals surface area contributed by atoms with Crippen molar-refractivity contribution in [3.8, 4) is 11.1 Å². The van der Waals surface area contributed by atoms with E-state index < -0.39 is 23.2 Å². The Balaban J connectivity index is 1.68. The van der Waals surface area contributed by atoms with E-state index in [9.17, 15) is 4.79 Å². The highest BCUT2D eigenvalue weighted by atomic mass is 16.7. The van der Waals surface area contributed by atoms with Crippen LogP contribution in [-0.2, 0) is 14.2 Å². The largest absolute Gasteiger partial charge is 0.601 e. The van der Waals surface area contributed by atoms with Crippen LogP contribution in [0.4, 0.5) is 4.79 Å². The summed E-state index contributed by atoms with van der Waals surface area (Å²) < 4.78 is 16.4. The second-order valence-corrected chi connectivity index (χ2v) is 10.9. The molecule has 7 nitrogen and oxygen atoms in total. The summed E-state index contributed by atoms with van der Waals surface area (Å²) in [5, 5.41) is 16.8. The fourth-order valence-corrected chi connectivity index (χ4v) is 5.60. The first kappa shape index (κ1) is 30.9. The zero-order chi connectivity index (χ0) is 29.4. The van der Waals surface area contributed by atoms with Gasteiger partial charge in [0.2, 0.25) is 0 Å². The van der Waals surface area contributed by atoms with Crippen LogP contribution in [0.15, 0.2) is 78.9 Å². The molecule has 1 aliphatic rings. The molecular formula is C34H44N2O5. The molecule has 0 aliphatic heterocycles. The molecule has 0 saturated carbocycles. The summed E-state index contributed by atoms with van der Waals surface area (Å²) in [5.41, 5.74) is 5.24. The molecule has 41 heavy (non-hydrogen) atoms. The highest BCUT2D eigenvalue weighted by Crippen LogP contribution is 2.45. The molecule has 0 fully saturated rings. The fraction of sp³-hybridized carbons (Fsp3) is 0.441. The molecule has 0 radical (unpaired) electrons. The van der Waals surface area contributed by atoms with E-state index in [1.807, 2.05) is 68.4 Å². The van der Waals surface area contributed by atoms with Crippen molar-refractivity contribution in [2.24, 2.45) is 5.92 Å². The van der Waals surface area contributed by atoms with Crippen LogP contribution in [0.3, 0.4) is 0 Å². The average molecular weight is 561 g/mol. The second kappa shape index (κ2) is 14.2. The van der Waals surface area contributed by atoms with E-state index in [-0.39, 0.29) is 19.1 Å². The lowest BCUT2D eigenvalue weighted by Crippen LogP contribution is -2.63. The van der Waals surface area contributed by atoms with Gasteiger partial charge in [-0.2, -0.15) is 9.55 Å². The molecule has 0 N–H and O–H groups in total. The molecule has 4 rings (SSSR count). The van der Waals surface area contributed by atoms with Gasteiger partial charge in [-0.05, 0) is 55.4 Å². The molecular weight excluding hydrogens is 516 g/mol. The highest BCUT2D eigenvalue weighted by Gasteiger charge is 2.45. The Labute approximate surface area is 244 Å². The number of benzene rings is 3. The third-order valence-electron chi connectivity index (χ3n) is 7.85. The Kier molecular flexibility index (Phi) is 10.7. The molecule has 0 aromatic heterocycles. The third kappa shape index (κ3) is 6.88. The Bertz CT molecular complexity index is 1220. The van der Waals surface area contributed by atoms with Crippen LogP contribution in [0.25, 0.3) is 11.1 Å². The van der Waals surface area contributed by atoms with Crippen LogP contribution in [0.1, 0.15) is 69.7 Å². The minimum atomic E-state index is -1.29. The standard InChI is InChI=1S/C34H44N2O5/c1-6-39-33(40-7-2)23-35(22-21-25(3)4)36(38,26(5)27-15-9-8-10-16-27)34(37)41-24-32-30-19-13-11-17-28(30)29-18-12-14-20-31(29)32/h8-20,25-26,32-33H,6-7,21-24H2,1-5H3. The molecule has 3 aromatic rings. The normalized spacial score (nSPS) is 15.1. The van der Waals surface area contributed by atoms with Gasteiger partial charge in [-0.25, -0.2) is 0 Å². The van der Waals surface area contributed by atoms with E-state index in [2.05, 4.69) is 38.1 Å². The van der Waals surface area contributed by atoms with Crippen molar-refractivity contribution in [2.75, 3.05) is 32.9 Å². The number of carbonyl (C=O) groups excluding carboxylic acids is 1. The summed E-state index contributed by atoms with van der Waals surface area (Å²) in [4.78, 5) is 14.2. The van der Waals surface area contributed by atoms with E-state index in [0.29, 0.717) is 25.7 Å². The number of carbonyl (C=O) groups is 1. The van der Waals surface area contributed by atoms with Gasteiger partial charge in [0.1, 0.15) is 12.6 Å². The molecule has 2 atom stereocenters. The molecule has 0 saturated heterocycles. The molecule has 1 aliphatic carbocycles. The lowest BCUT2D eigenvalue weighted by molar-refractivity contribution is -0.956. The van der Waals surface area contributed by atoms with E-state index in [1.165, 1.54) is 0 Å². The van der Waals surface area contributed by atoms with Gasteiger partial charge in [-0.3, -0.25) is 0 Å². The van der Waals surface area contributed by atoms with E-state index in [4.69, 9.17) is 14.2 Å². The number of hydroxylamine groups is 2. The third-order valence-corrected chi connectivity index (χ3v) is 7.85. The van der Waals surface area contributed by atoms with Crippen LogP contribution in [0.2, 0.25) is 0 Å². The number of amides is 1. The number of hydrogen-bond donors (Lipinski definition) is 0. The Hall–Kier alpha value is -3.07. The molecule has 0 spiro atoms. The van der Waals surface area contributed by atoms with Crippen molar-refractivity contribution < 1.29 is 23.8 Å². The molecule has 3 aromatic carbocycles. The van der Waals surface area contributed by atoms with Crippen LogP contribution < -0.4 is 0 Å². The van der Waals surface area contributed by atoms with Gasteiger partial charge in [0, 0.05) is 31.2 Å². The fourth-order valence-electron chi connectivity index (χ4n) is 5.60. The van der Waals surface area contributed by atoms with Gasteiger partial charge in [0.15, 0.2) is 6.29 Å². The summed E-state index contributed by atoms with van der Waals surface area (Å²) in [6.45, 7) is 11.3. The zero-order valence-electron chi connectivity index (χ0n) is 25.0. The average Bonchev–Trinajstić information content (AvgIpc) is 3.31. The maximum absolute atomic E-state index is 15.1. The van der Waals surface area contributed by atoms with Crippen LogP contribution in [-0.4, -0.2) is 55.1 Å². The Morgan fingerprint density at radius 1 is 0.854 bits per heavy atom. The molecule has 220 valence electrons. The predicted octanol–water partition coefficient (Wildman–Crippen LogP) is 7.67. The highest BCUT2D eigenvalue weighted by molar-refractivity contribution is 5.79. The zero-order valence-corrected chi connectivity index (χ0v) is 25.0. The van der Waals surface area contributed by atoms with Gasteiger partial charge in [-0.15, -0.1) is 5.01 Å². The number of rotatable bonds is 14. The van der Waals surface area contributed by atoms with Crippen LogP contribution >= 0.6 is 0 Å². The first-order chi connectivity index (χ1) is 19.8. The SMILES string of the molecule is CCOC(CN(CCC(C)C)[N+]([O-])(C(=O)OCC1c2ccccc2-c2ccccc21)C(C)c1ccccc1)OCC. The summed E-state index contributed by atoms with van der Waals surface area (Å²) >= 11 is 0. The number of nitrogens with zero attached hydrogens (tertiary/aromatic N) is 2. The number of hydrogen-bond acceptors (Lipinski definition) is 6. The summed E-state index contributed by atoms with van der Waals surface area (Å²) in [7, 11) is 0. The Morgan fingerprint density at radius 2 is 1.39 bits per heavy atom. The maximum atomic E-state index is 15.1. The van der Waals surface area contributed by atoms with Crippen molar-refractivity contribution in [3.05, 3.63) is 101 Å². The summed E-state index contributed by atoms with van der Waals surface area (Å²) in [5.74, 6) is 0.189. The van der Waals surface area contributed by atoms with Crippen molar-refractivity contribution in [1.82, 2.24) is 5.01 Å². The molecule has 0 bridgehead atoms. The van der Waals surface area contributed by atoms with E-state index in [0.717, 1.165) is 34.2 Å². The van der Waals surface area contributed by atoms with Gasteiger partial charge in [-0.1, -0.05) is 92.7 Å². The minimum Gasteiger partial charge on any atom is -0.601 e. The Morgan fingerprint density at radius 3 is 1.93 bits per heavy atom. The lowest BCUT2D eigenvalue weighted by atomic mass is 9.98. The summed E-state index contributed by atoms with van der Waals surface area (Å²) in [6.07, 6.45) is -0.752. The van der Waals surface area contributed by atoms with Gasteiger partial charge in [0.05, 0.1) is 6.54 Å². The molecule has 7 heteroatoms. The van der Waals surface area contributed by atoms with Crippen molar-refractivity contribution in [2.45, 2.75) is 59.3 Å². The first-order valence-electron chi connectivity index (χ1n) is 14.8. The summed E-state index contributed by atoms with van der Waals surface area (Å²) in [6, 6.07) is 25.1. The number of quaternary nitrogens is 1. The number of fused-ring (bicyclic) bond motifs is 3. The maximum Gasteiger partial charge on any atom is 0.537 e. The monoisotopic (exact) mass is 560 g/mol. The lowest BCUT2D eigenvalue weighted by Gasteiger charge is -2.49. The topological polar surface area (TPSA) is 71.1 Å². The predicted molar refractivity (Wildman–Crippen MR) is 162 cm³/mol. The van der Waals surface area contributed by atoms with Crippen LogP contribution in [0, 0.1) is 11.1 Å². The molecule has 1 amide bonds. The quantitative estimate of drug-likeness (QED) is 0.114. The molecule has 2 unspecified atom stereocenters. The van der Waals surface area contributed by atoms with Crippen molar-refractivity contribution in [3.63, 3.8) is 0 Å². The van der Waals surface area contributed by atoms with Gasteiger partial charge in [0.25, 0.3) is 0 Å². The smallest absolute Gasteiger partial charge is 0.537 e. The minimum absolute atomic E-state index is 0.0784. The second-order valence-electron chi connectivity index (χ2n) is 10.9.